The number of nitrogens with one attached hydrogen (secondary N) is 1. The second-order valence-electron chi connectivity index (χ2n) is 35.9. The van der Waals surface area contributed by atoms with Gasteiger partial charge in [-0.05, 0) is 219 Å². The number of esters is 2. The van der Waals surface area contributed by atoms with Gasteiger partial charge in [-0.25, -0.2) is 29.3 Å². The molecule has 3 aromatic heterocycles. The number of anilines is 2. The molecule has 3 saturated heterocycles. The first-order valence-electron chi connectivity index (χ1n) is 43.5. The molecule has 34 heteroatoms. The number of carboxylic acid groups (broad SMARTS) is 1. The maximum absolute atomic E-state index is 13.5. The summed E-state index contributed by atoms with van der Waals surface area (Å²) in [6, 6.07) is 40.8. The maximum Gasteiger partial charge on any atom is 0.434 e. The molecule has 3 aliphatic rings. The minimum absolute atomic E-state index is 0.0142. The summed E-state index contributed by atoms with van der Waals surface area (Å²) in [5.41, 5.74) is 4.69. The van der Waals surface area contributed by atoms with Crippen LogP contribution in [-0.4, -0.2) is 168 Å². The number of aromatic carboxylic acids is 1. The van der Waals surface area contributed by atoms with E-state index in [-0.39, 0.29) is 55.2 Å². The van der Waals surface area contributed by atoms with Gasteiger partial charge >= 0.3 is 36.4 Å². The Morgan fingerprint density at radius 3 is 1.01 bits per heavy atom. The molecule has 0 amide bonds. The number of carbonyl (C=O) groups is 3. The summed E-state index contributed by atoms with van der Waals surface area (Å²) in [4.78, 5) is 51.5. The molecule has 2 N–H and O–H groups in total. The third kappa shape index (κ3) is 31.8. The van der Waals surface area contributed by atoms with Crippen LogP contribution in [0.3, 0.4) is 0 Å². The predicted molar refractivity (Wildman–Crippen MR) is 492 cm³/mol. The summed E-state index contributed by atoms with van der Waals surface area (Å²) < 4.78 is 170. The lowest BCUT2D eigenvalue weighted by molar-refractivity contribution is -0.141. The number of piperidine rings is 3. The van der Waals surface area contributed by atoms with Crippen molar-refractivity contribution in [2.45, 2.75) is 189 Å². The van der Waals surface area contributed by atoms with Crippen LogP contribution in [0.25, 0.3) is 34.2 Å². The zero-order valence-corrected chi connectivity index (χ0v) is 80.4. The zero-order chi connectivity index (χ0) is 93.3. The van der Waals surface area contributed by atoms with E-state index < -0.39 is 65.8 Å². The number of carboxylic acids is 1. The van der Waals surface area contributed by atoms with Gasteiger partial charge in [0.25, 0.3) is 0 Å². The smallest absolute Gasteiger partial charge is 0.434 e. The van der Waals surface area contributed by atoms with Gasteiger partial charge in [0.1, 0.15) is 54.9 Å². The number of nitrogens with zero attached hydrogens (tertiary/aromatic N) is 8. The number of hydrogen-bond acceptors (Lipinski definition) is 17. The Morgan fingerprint density at radius 2 is 0.719 bits per heavy atom. The average molecular weight is 1910 g/mol. The van der Waals surface area contributed by atoms with Gasteiger partial charge in [-0.15, -0.1) is 0 Å². The van der Waals surface area contributed by atoms with Crippen LogP contribution in [0.5, 0.6) is 17.2 Å². The molecule has 0 saturated carbocycles. The molecule has 3 fully saturated rings. The van der Waals surface area contributed by atoms with Crippen LogP contribution in [0.15, 0.2) is 150 Å². The highest BCUT2D eigenvalue weighted by Gasteiger charge is 2.38. The van der Waals surface area contributed by atoms with Crippen LogP contribution in [0, 0.1) is 38.5 Å². The number of carbonyl (C=O) groups excluding carboxylic acids is 2. The average Bonchev–Trinajstić information content (AvgIpc) is 1.66. The lowest BCUT2D eigenvalue weighted by Gasteiger charge is -2.33. The van der Waals surface area contributed by atoms with E-state index in [1.807, 2.05) is 87.5 Å². The number of imidazole rings is 3. The van der Waals surface area contributed by atoms with Gasteiger partial charge in [0.05, 0.1) is 49.7 Å². The molecule has 0 bridgehead atoms. The molecular weight excluding hydrogens is 1780 g/mol. The standard InChI is InChI=1S/C32H42F3N3O4Si.C30H38F3N3O4Si.C16H20BrF3N2OSi.C16H23NO3/c1-6-41-31(39)27-8-7-9-28(23(27)2)42-21-24-14-16-37(17-15-24)26-12-10-25(11-13-26)30-36-29(32(33,34)35)20-38(30)22-40-18-19-43(3,4)5;1-21-25(29(37)38)6-5-7-26(21)40-19-22-12-14-35(15-13-22)24-10-8-23(9-11-24)28-34-27(30(31,32)33)18-36(28)20-39-16-17-41(2,3)4;1-24(2,3)9-8-23-11-22-10-14(16(18,19)20)21-15(22)12-4-6-13(17)7-5-12;1-3-19-16(18)14-5-4-6-15(12(14)2)20-11-13-7-9-17-10-8-13/h7-13,20,24H,6,14-19,21-22H2,1-5H3;5-11,18,22H,12-17,19-20H2,1-4H3,(H,37,38);4-7,10H,8-9,11H2,1-3H3;4-6,13,17H,3,7-11H2,1-2H3. The molecule has 0 unspecified atom stereocenters. The van der Waals surface area contributed by atoms with Crippen LogP contribution in [-0.2, 0) is 62.4 Å². The summed E-state index contributed by atoms with van der Waals surface area (Å²) in [6.45, 7) is 38.7. The molecule has 6 heterocycles. The number of alkyl halides is 9. The van der Waals surface area contributed by atoms with Crippen molar-refractivity contribution in [1.29, 1.82) is 0 Å². The predicted octanol–water partition coefficient (Wildman–Crippen LogP) is 23.0. The van der Waals surface area contributed by atoms with E-state index in [9.17, 15) is 59.0 Å². The molecule has 9 aromatic rings. The normalized spacial score (nSPS) is 14.5. The van der Waals surface area contributed by atoms with E-state index in [2.05, 4.69) is 105 Å². The summed E-state index contributed by atoms with van der Waals surface area (Å²) >= 11 is 3.32. The first-order valence-corrected chi connectivity index (χ1v) is 55.5. The fraction of sp³-hybridized carbons (Fsp3) is 0.489. The molecule has 698 valence electrons. The fourth-order valence-corrected chi connectivity index (χ4v) is 16.8. The van der Waals surface area contributed by atoms with E-state index in [0.29, 0.717) is 109 Å². The Kier molecular flexibility index (Phi) is 37.6. The first kappa shape index (κ1) is 102. The van der Waals surface area contributed by atoms with Gasteiger partial charge < -0.3 is 71.8 Å². The number of rotatable bonds is 34. The quantitative estimate of drug-likeness (QED) is 0.0166. The van der Waals surface area contributed by atoms with E-state index in [0.717, 1.165) is 154 Å². The van der Waals surface area contributed by atoms with Gasteiger partial charge in [0.2, 0.25) is 0 Å². The van der Waals surface area contributed by atoms with Crippen LogP contribution < -0.4 is 29.3 Å². The molecule has 0 atom stereocenters. The van der Waals surface area contributed by atoms with Crippen molar-refractivity contribution in [1.82, 2.24) is 34.0 Å². The molecule has 21 nitrogen and oxygen atoms in total. The lowest BCUT2D eigenvalue weighted by atomic mass is 9.97. The first-order chi connectivity index (χ1) is 60.4. The highest BCUT2D eigenvalue weighted by molar-refractivity contribution is 9.10. The van der Waals surface area contributed by atoms with Crippen LogP contribution >= 0.6 is 15.9 Å². The Morgan fingerprint density at radius 1 is 0.430 bits per heavy atom. The van der Waals surface area contributed by atoms with Gasteiger partial charge in [0.15, 0.2) is 17.1 Å². The fourth-order valence-electron chi connectivity index (χ4n) is 14.3. The maximum atomic E-state index is 13.5. The number of aromatic nitrogens is 6. The highest BCUT2D eigenvalue weighted by atomic mass is 79.9. The van der Waals surface area contributed by atoms with Crippen molar-refractivity contribution in [2.75, 3.05) is 102 Å². The second-order valence-corrected chi connectivity index (χ2v) is 53.7. The van der Waals surface area contributed by atoms with E-state index in [4.69, 9.17) is 37.9 Å². The minimum Gasteiger partial charge on any atom is -0.493 e. The molecular formula is C94H123BrF9N9O12Si3. The molecule has 12 rings (SSSR count). The Bertz CT molecular complexity index is 5010. The molecule has 0 aliphatic carbocycles. The Hall–Kier alpha value is -9.30. The third-order valence-corrected chi connectivity index (χ3v) is 27.8. The number of benzene rings is 6. The zero-order valence-electron chi connectivity index (χ0n) is 75.8. The lowest BCUT2D eigenvalue weighted by Crippen LogP contribution is -2.35. The van der Waals surface area contributed by atoms with Crippen LogP contribution in [0.1, 0.15) is 117 Å². The van der Waals surface area contributed by atoms with Gasteiger partial charge in [-0.2, -0.15) is 39.5 Å². The van der Waals surface area contributed by atoms with E-state index in [1.165, 1.54) is 13.7 Å². The van der Waals surface area contributed by atoms with E-state index >= 15 is 0 Å². The number of halogens is 10. The summed E-state index contributed by atoms with van der Waals surface area (Å²) in [7, 11) is -3.87. The monoisotopic (exact) mass is 1900 g/mol. The molecule has 128 heavy (non-hydrogen) atoms. The van der Waals surface area contributed by atoms with Crippen LogP contribution in [0.4, 0.5) is 50.9 Å². The topological polar surface area (TPSA) is 217 Å². The van der Waals surface area contributed by atoms with Crippen molar-refractivity contribution in [2.24, 2.45) is 17.8 Å². The highest BCUT2D eigenvalue weighted by Crippen LogP contribution is 2.38. The molecule has 3 aliphatic heterocycles. The van der Waals surface area contributed by atoms with Gasteiger partial charge in [-0.3, -0.25) is 0 Å². The summed E-state index contributed by atoms with van der Waals surface area (Å²) in [5.74, 6) is 2.51. The van der Waals surface area contributed by atoms with Crippen molar-refractivity contribution < 1.29 is 96.9 Å². The summed E-state index contributed by atoms with van der Waals surface area (Å²) in [6.07, 6.45) is -4.51. The van der Waals surface area contributed by atoms with Crippen molar-refractivity contribution >= 4 is 69.4 Å². The Balaban J connectivity index is 0.000000202. The van der Waals surface area contributed by atoms with Crippen molar-refractivity contribution in [3.63, 3.8) is 0 Å². The van der Waals surface area contributed by atoms with Crippen molar-refractivity contribution in [3.05, 3.63) is 201 Å². The molecule has 6 aromatic carbocycles. The molecule has 0 radical (unpaired) electrons. The number of ether oxygens (including phenoxy) is 8. The van der Waals surface area contributed by atoms with Crippen LogP contribution in [0.2, 0.25) is 77.1 Å². The largest absolute Gasteiger partial charge is 0.493 e. The summed E-state index contributed by atoms with van der Waals surface area (Å²) in [5, 5.41) is 12.7. The second kappa shape index (κ2) is 47.0. The third-order valence-electron chi connectivity index (χ3n) is 22.1. The molecule has 0 spiro atoms. The minimum atomic E-state index is -4.54. The van der Waals surface area contributed by atoms with Crippen molar-refractivity contribution in [3.8, 4) is 51.4 Å². The number of hydrogen-bond donors (Lipinski definition) is 2. The van der Waals surface area contributed by atoms with Gasteiger partial charge in [-0.1, -0.05) is 105 Å². The van der Waals surface area contributed by atoms with Gasteiger partial charge in [0, 0.05) is 138 Å². The Labute approximate surface area is 756 Å². The van der Waals surface area contributed by atoms with E-state index in [1.54, 1.807) is 74.5 Å². The SMILES string of the molecule is CCOC(=O)c1cccc(OCC2CCN(c3ccc(-c4nc(C(F)(F)F)cn4COCC[Si](C)(C)C)cc3)CC2)c1C.CCOC(=O)c1cccc(OCC2CCNCC2)c1C.C[Si](C)(C)CCOCn1cc(C(F)(F)F)nc1-c1ccc(Br)cc1.Cc1c(OCC2CCN(c3ccc(-c4nc(C(F)(F)F)cn4COCC[Si](C)(C)C)cc3)CC2)cccc1C(=O)O.